The molecule has 2 aromatic carbocycles. The fourth-order valence-corrected chi connectivity index (χ4v) is 3.05. The van der Waals surface area contributed by atoms with Crippen molar-refractivity contribution in [1.82, 2.24) is 4.98 Å². The zero-order valence-electron chi connectivity index (χ0n) is 13.4. The van der Waals surface area contributed by atoms with Crippen LogP contribution in [-0.4, -0.2) is 16.6 Å². The first kappa shape index (κ1) is 16.3. The summed E-state index contributed by atoms with van der Waals surface area (Å²) in [7, 11) is 0. The Hall–Kier alpha value is -2.53. The molecule has 0 saturated carbocycles. The zero-order chi connectivity index (χ0) is 16.8. The van der Waals surface area contributed by atoms with Gasteiger partial charge in [0.15, 0.2) is 12.2 Å². The third-order valence-corrected chi connectivity index (χ3v) is 4.52. The second-order valence-corrected chi connectivity index (χ2v) is 6.57. The Morgan fingerprint density at radius 1 is 1.12 bits per heavy atom. The van der Waals surface area contributed by atoms with Crippen LogP contribution >= 0.6 is 11.8 Å². The molecule has 0 aliphatic heterocycles. The van der Waals surface area contributed by atoms with Gasteiger partial charge in [-0.05, 0) is 43.3 Å². The number of nitrogens with one attached hydrogen (secondary N) is 1. The van der Waals surface area contributed by atoms with Crippen LogP contribution in [0.25, 0.3) is 11.3 Å². The lowest BCUT2D eigenvalue weighted by molar-refractivity contribution is -0.115. The number of rotatable bonds is 6. The molecular formula is C19H18N2O2S. The molecule has 0 aliphatic carbocycles. The average Bonchev–Trinajstić information content (AvgIpc) is 3.12. The third kappa shape index (κ3) is 4.49. The number of oxazole rings is 1. The number of anilines is 1. The van der Waals surface area contributed by atoms with Gasteiger partial charge in [-0.3, -0.25) is 4.79 Å². The summed E-state index contributed by atoms with van der Waals surface area (Å²) in [6.07, 6.45) is 3.54. The van der Waals surface area contributed by atoms with E-state index in [2.05, 4.69) is 41.5 Å². The van der Waals surface area contributed by atoms with E-state index in [4.69, 9.17) is 4.42 Å². The molecule has 0 atom stereocenters. The minimum Gasteiger partial charge on any atom is -0.444 e. The van der Waals surface area contributed by atoms with Crippen molar-refractivity contribution in [2.45, 2.75) is 18.2 Å². The molecule has 0 saturated heterocycles. The molecule has 1 amide bonds. The topological polar surface area (TPSA) is 55.1 Å². The van der Waals surface area contributed by atoms with Crippen molar-refractivity contribution in [3.05, 3.63) is 66.7 Å². The van der Waals surface area contributed by atoms with E-state index in [0.29, 0.717) is 12.2 Å². The van der Waals surface area contributed by atoms with Crippen molar-refractivity contribution < 1.29 is 9.21 Å². The lowest BCUT2D eigenvalue weighted by atomic mass is 10.1. The highest BCUT2D eigenvalue weighted by molar-refractivity contribution is 7.99. The molecule has 0 bridgehead atoms. The van der Waals surface area contributed by atoms with Crippen molar-refractivity contribution in [2.24, 2.45) is 0 Å². The number of hydrogen-bond acceptors (Lipinski definition) is 4. The number of nitrogens with zero attached hydrogens (tertiary/aromatic N) is 1. The maximum Gasteiger partial charge on any atom is 0.225 e. The summed E-state index contributed by atoms with van der Waals surface area (Å²) < 4.78 is 5.24. The van der Waals surface area contributed by atoms with Gasteiger partial charge in [0.2, 0.25) is 5.91 Å². The standard InChI is InChI=1S/C19H18N2O2S/c1-14-2-8-17(9-3-14)24-11-10-19(22)21-16-6-4-15(5-7-16)18-12-20-13-23-18/h2-9,12-13H,10-11H2,1H3,(H,21,22). The van der Waals surface area contributed by atoms with Gasteiger partial charge in [0, 0.05) is 28.3 Å². The minimum absolute atomic E-state index is 0.0158. The van der Waals surface area contributed by atoms with Crippen LogP contribution < -0.4 is 5.32 Å². The smallest absolute Gasteiger partial charge is 0.225 e. The van der Waals surface area contributed by atoms with Gasteiger partial charge < -0.3 is 9.73 Å². The molecule has 5 heteroatoms. The minimum atomic E-state index is 0.0158. The highest BCUT2D eigenvalue weighted by Crippen LogP contribution is 2.22. The SMILES string of the molecule is Cc1ccc(SCCC(=O)Nc2ccc(-c3cnco3)cc2)cc1. The molecule has 1 N–H and O–H groups in total. The number of amides is 1. The second kappa shape index (κ2) is 7.84. The maximum atomic E-state index is 12.0. The van der Waals surface area contributed by atoms with Gasteiger partial charge in [-0.1, -0.05) is 17.7 Å². The van der Waals surface area contributed by atoms with E-state index in [1.165, 1.54) is 16.9 Å². The van der Waals surface area contributed by atoms with Crippen LogP contribution in [0.4, 0.5) is 5.69 Å². The van der Waals surface area contributed by atoms with Crippen LogP contribution in [0.3, 0.4) is 0 Å². The summed E-state index contributed by atoms with van der Waals surface area (Å²) in [6, 6.07) is 15.9. The largest absolute Gasteiger partial charge is 0.444 e. The van der Waals surface area contributed by atoms with Gasteiger partial charge in [-0.25, -0.2) is 4.98 Å². The average molecular weight is 338 g/mol. The van der Waals surface area contributed by atoms with Gasteiger partial charge in [0.05, 0.1) is 6.20 Å². The lowest BCUT2D eigenvalue weighted by Gasteiger charge is -2.06. The Morgan fingerprint density at radius 3 is 2.54 bits per heavy atom. The Labute approximate surface area is 145 Å². The van der Waals surface area contributed by atoms with Gasteiger partial charge in [-0.2, -0.15) is 0 Å². The summed E-state index contributed by atoms with van der Waals surface area (Å²) in [5.74, 6) is 1.48. The van der Waals surface area contributed by atoms with Crippen LogP contribution in [0.15, 0.2) is 70.4 Å². The third-order valence-electron chi connectivity index (χ3n) is 3.50. The Bertz CT molecular complexity index is 781. The Kier molecular flexibility index (Phi) is 5.33. The molecule has 24 heavy (non-hydrogen) atoms. The number of aryl methyl sites for hydroxylation is 1. The van der Waals surface area contributed by atoms with E-state index in [1.54, 1.807) is 18.0 Å². The predicted molar refractivity (Wildman–Crippen MR) is 97.1 cm³/mol. The van der Waals surface area contributed by atoms with Gasteiger partial charge >= 0.3 is 0 Å². The van der Waals surface area contributed by atoms with Crippen molar-refractivity contribution in [3.63, 3.8) is 0 Å². The van der Waals surface area contributed by atoms with Crippen LogP contribution in [0.2, 0.25) is 0 Å². The van der Waals surface area contributed by atoms with E-state index in [0.717, 1.165) is 17.0 Å². The van der Waals surface area contributed by atoms with Crippen molar-refractivity contribution in [1.29, 1.82) is 0 Å². The zero-order valence-corrected chi connectivity index (χ0v) is 14.2. The first-order valence-corrected chi connectivity index (χ1v) is 8.67. The van der Waals surface area contributed by atoms with E-state index in [1.807, 2.05) is 24.3 Å². The number of thioether (sulfide) groups is 1. The molecular weight excluding hydrogens is 320 g/mol. The van der Waals surface area contributed by atoms with Crippen LogP contribution in [0.1, 0.15) is 12.0 Å². The molecule has 3 rings (SSSR count). The number of carbonyl (C=O) groups excluding carboxylic acids is 1. The summed E-state index contributed by atoms with van der Waals surface area (Å²) >= 11 is 1.69. The monoisotopic (exact) mass is 338 g/mol. The fourth-order valence-electron chi connectivity index (χ4n) is 2.20. The van der Waals surface area contributed by atoms with Crippen LogP contribution in [-0.2, 0) is 4.79 Å². The summed E-state index contributed by atoms with van der Waals surface area (Å²) in [6.45, 7) is 2.07. The van der Waals surface area contributed by atoms with Gasteiger partial charge in [0.1, 0.15) is 0 Å². The Balaban J connectivity index is 1.47. The van der Waals surface area contributed by atoms with Crippen LogP contribution in [0, 0.1) is 6.92 Å². The highest BCUT2D eigenvalue weighted by atomic mass is 32.2. The van der Waals surface area contributed by atoms with Crippen LogP contribution in [0.5, 0.6) is 0 Å². The number of carbonyl (C=O) groups is 1. The molecule has 122 valence electrons. The molecule has 0 spiro atoms. The van der Waals surface area contributed by atoms with E-state index in [-0.39, 0.29) is 5.91 Å². The maximum absolute atomic E-state index is 12.0. The molecule has 0 aliphatic rings. The van der Waals surface area contributed by atoms with Gasteiger partial charge in [-0.15, -0.1) is 11.8 Å². The summed E-state index contributed by atoms with van der Waals surface area (Å²) in [5, 5.41) is 2.91. The van der Waals surface area contributed by atoms with Crippen molar-refractivity contribution in [3.8, 4) is 11.3 Å². The molecule has 0 fully saturated rings. The Morgan fingerprint density at radius 2 is 1.88 bits per heavy atom. The molecule has 3 aromatic rings. The fraction of sp³-hybridized carbons (Fsp3) is 0.158. The molecule has 1 heterocycles. The first-order valence-electron chi connectivity index (χ1n) is 7.69. The molecule has 1 aromatic heterocycles. The number of benzene rings is 2. The molecule has 0 unspecified atom stereocenters. The van der Waals surface area contributed by atoms with Gasteiger partial charge in [0.25, 0.3) is 0 Å². The van der Waals surface area contributed by atoms with E-state index < -0.39 is 0 Å². The quantitative estimate of drug-likeness (QED) is 0.658. The summed E-state index contributed by atoms with van der Waals surface area (Å²) in [4.78, 5) is 17.1. The first-order chi connectivity index (χ1) is 11.7. The highest BCUT2D eigenvalue weighted by Gasteiger charge is 2.05. The normalized spacial score (nSPS) is 10.5. The second-order valence-electron chi connectivity index (χ2n) is 5.40. The van der Waals surface area contributed by atoms with E-state index in [9.17, 15) is 4.79 Å². The molecule has 0 radical (unpaired) electrons. The number of aromatic nitrogens is 1. The van der Waals surface area contributed by atoms with E-state index >= 15 is 0 Å². The molecule has 4 nitrogen and oxygen atoms in total. The van der Waals surface area contributed by atoms with Crippen molar-refractivity contribution >= 4 is 23.4 Å². The lowest BCUT2D eigenvalue weighted by Crippen LogP contribution is -2.12. The van der Waals surface area contributed by atoms with Crippen molar-refractivity contribution in [2.75, 3.05) is 11.1 Å². The number of hydrogen-bond donors (Lipinski definition) is 1. The summed E-state index contributed by atoms with van der Waals surface area (Å²) in [5.41, 5.74) is 2.95. The predicted octanol–water partition coefficient (Wildman–Crippen LogP) is 4.77.